The fraction of sp³-hybridized carbons (Fsp3) is 1.00. The summed E-state index contributed by atoms with van der Waals surface area (Å²) in [5.41, 5.74) is 0. The Balaban J connectivity index is 4.00. The van der Waals surface area contributed by atoms with Crippen molar-refractivity contribution in [1.82, 2.24) is 0 Å². The highest BCUT2D eigenvalue weighted by Gasteiger charge is 2.39. The summed E-state index contributed by atoms with van der Waals surface area (Å²) in [6.07, 6.45) is -0.942. The summed E-state index contributed by atoms with van der Waals surface area (Å²) < 4.78 is 28.5. The van der Waals surface area contributed by atoms with E-state index < -0.39 is 28.8 Å². The van der Waals surface area contributed by atoms with Gasteiger partial charge < -0.3 is 28.8 Å². The van der Waals surface area contributed by atoms with E-state index in [4.69, 9.17) is 28.1 Å². The average Bonchev–Trinajstić information content (AvgIpc) is 2.66. The van der Waals surface area contributed by atoms with Crippen LogP contribution in [0.2, 0.25) is 36.3 Å². The molecule has 0 aromatic heterocycles. The minimum Gasteiger partial charge on any atom is -0.414 e. The molecular weight excluding hydrogens is 448 g/mol. The topological polar surface area (TPSA) is 95.8 Å². The van der Waals surface area contributed by atoms with Crippen molar-refractivity contribution in [1.29, 1.82) is 0 Å². The minimum atomic E-state index is -2.05. The summed E-state index contributed by atoms with van der Waals surface area (Å²) in [5.74, 6) is 0. The number of hydrogen-bond donors (Lipinski definition) is 2. The quantitative estimate of drug-likeness (QED) is 0.136. The maximum absolute atomic E-state index is 9.48. The van der Waals surface area contributed by atoms with Crippen LogP contribution in [0.5, 0.6) is 0 Å². The third-order valence-corrected chi connectivity index (χ3v) is 15.0. The first kappa shape index (κ1) is 32.1. The fourth-order valence-corrected chi connectivity index (χ4v) is 3.51. The van der Waals surface area contributed by atoms with E-state index in [0.717, 1.165) is 0 Å². The molecule has 0 bridgehead atoms. The molecule has 2 atom stereocenters. The van der Waals surface area contributed by atoms with Crippen LogP contribution in [-0.4, -0.2) is 91.9 Å². The van der Waals surface area contributed by atoms with Crippen LogP contribution in [0, 0.1) is 0 Å². The van der Waals surface area contributed by atoms with E-state index in [1.54, 1.807) is 0 Å². The highest BCUT2D eigenvalue weighted by atomic mass is 28.4. The first-order valence-corrected chi connectivity index (χ1v) is 17.4. The van der Waals surface area contributed by atoms with Crippen LogP contribution in [-0.2, 0) is 28.1 Å². The first-order chi connectivity index (χ1) is 14.6. The Kier molecular flexibility index (Phi) is 14.6. The highest BCUT2D eigenvalue weighted by molar-refractivity contribution is 6.74. The summed E-state index contributed by atoms with van der Waals surface area (Å²) in [7, 11) is -3.84. The van der Waals surface area contributed by atoms with Gasteiger partial charge in [0.1, 0.15) is 12.2 Å². The number of aliphatic hydroxyl groups is 2. The Hall–Kier alpha value is 0.114. The van der Waals surface area contributed by atoms with Crippen molar-refractivity contribution in [2.24, 2.45) is 0 Å². The van der Waals surface area contributed by atoms with E-state index in [9.17, 15) is 10.2 Å². The summed E-state index contributed by atoms with van der Waals surface area (Å²) in [5, 5.41) is 19.1. The number of aliphatic hydroxyl groups excluding tert-OH is 2. The van der Waals surface area contributed by atoms with Gasteiger partial charge in [-0.05, 0) is 36.3 Å². The fourth-order valence-electron chi connectivity index (χ4n) is 1.85. The zero-order valence-corrected chi connectivity index (χ0v) is 24.2. The van der Waals surface area contributed by atoms with E-state index >= 15 is 0 Å². The lowest BCUT2D eigenvalue weighted by Gasteiger charge is -2.36. The van der Waals surface area contributed by atoms with Gasteiger partial charge in [0.25, 0.3) is 0 Å². The molecule has 2 unspecified atom stereocenters. The molecule has 0 aromatic rings. The van der Waals surface area contributed by atoms with Crippen LogP contribution >= 0.6 is 0 Å². The molecule has 32 heavy (non-hydrogen) atoms. The molecule has 0 saturated heterocycles. The number of ether oxygens (including phenoxy) is 3. The second kappa shape index (κ2) is 14.5. The van der Waals surface area contributed by atoms with Gasteiger partial charge in [0.05, 0.1) is 52.9 Å². The van der Waals surface area contributed by atoms with Gasteiger partial charge >= 0.3 is 0 Å². The van der Waals surface area contributed by atoms with Crippen molar-refractivity contribution in [3.05, 3.63) is 0 Å². The van der Waals surface area contributed by atoms with E-state index in [0.29, 0.717) is 26.4 Å². The smallest absolute Gasteiger partial charge is 0.238 e. The lowest BCUT2D eigenvalue weighted by molar-refractivity contribution is -0.274. The van der Waals surface area contributed by atoms with Crippen LogP contribution in [0.4, 0.5) is 0 Å². The molecule has 0 amide bonds. The minimum absolute atomic E-state index is 0.0177. The molecule has 0 heterocycles. The van der Waals surface area contributed by atoms with Gasteiger partial charge in [-0.1, -0.05) is 41.5 Å². The van der Waals surface area contributed by atoms with Crippen LogP contribution in [0.15, 0.2) is 0 Å². The highest BCUT2D eigenvalue weighted by Crippen LogP contribution is 2.37. The lowest BCUT2D eigenvalue weighted by Crippen LogP contribution is -2.42. The van der Waals surface area contributed by atoms with Gasteiger partial charge in [-0.2, -0.15) is 0 Å². The van der Waals surface area contributed by atoms with E-state index in [-0.39, 0.29) is 36.5 Å². The summed E-state index contributed by atoms with van der Waals surface area (Å²) in [6.45, 7) is 23.3. The molecule has 0 aliphatic rings. The lowest BCUT2D eigenvalue weighted by atomic mass is 10.2. The molecule has 0 fully saturated rings. The first-order valence-electron chi connectivity index (χ1n) is 11.5. The molecule has 0 aliphatic carbocycles. The summed E-state index contributed by atoms with van der Waals surface area (Å²) in [4.78, 5) is 5.43. The van der Waals surface area contributed by atoms with Crippen molar-refractivity contribution < 1.29 is 38.3 Å². The van der Waals surface area contributed by atoms with Gasteiger partial charge in [-0.15, -0.1) is 0 Å². The maximum Gasteiger partial charge on any atom is 0.238 e. The van der Waals surface area contributed by atoms with Gasteiger partial charge in [-0.3, -0.25) is 4.58 Å². The standard InChI is InChI=1S/C22H50O8Si2/c1-21(2,3)31(7,8)28-14-13-27-19(15-23)17-25-11-12-26-18-20(16-24)29-30-32(9,10)22(4,5)6/h19-20,23-24H,11-18H2,1-10H3. The largest absolute Gasteiger partial charge is 0.414 e. The number of rotatable bonds is 17. The van der Waals surface area contributed by atoms with E-state index in [2.05, 4.69) is 67.7 Å². The Labute approximate surface area is 198 Å². The Morgan fingerprint density at radius 1 is 0.656 bits per heavy atom. The second-order valence-electron chi connectivity index (χ2n) is 11.2. The Morgan fingerprint density at radius 2 is 1.12 bits per heavy atom. The second-order valence-corrected chi connectivity index (χ2v) is 20.7. The van der Waals surface area contributed by atoms with Crippen LogP contribution < -0.4 is 0 Å². The van der Waals surface area contributed by atoms with Gasteiger partial charge in [0.15, 0.2) is 8.32 Å². The third kappa shape index (κ3) is 12.5. The summed E-state index contributed by atoms with van der Waals surface area (Å²) in [6, 6.07) is 0. The van der Waals surface area contributed by atoms with E-state index in [1.165, 1.54) is 0 Å². The third-order valence-electron chi connectivity index (χ3n) is 6.29. The Bertz CT molecular complexity index is 489. The molecule has 0 saturated carbocycles. The molecule has 0 aromatic carbocycles. The maximum atomic E-state index is 9.48. The summed E-state index contributed by atoms with van der Waals surface area (Å²) >= 11 is 0. The molecule has 2 N–H and O–H groups in total. The molecule has 0 radical (unpaired) electrons. The zero-order valence-electron chi connectivity index (χ0n) is 22.2. The monoisotopic (exact) mass is 498 g/mol. The van der Waals surface area contributed by atoms with E-state index in [1.807, 2.05) is 0 Å². The molecule has 194 valence electrons. The van der Waals surface area contributed by atoms with Crippen molar-refractivity contribution in [2.45, 2.75) is 90.0 Å². The molecule has 8 nitrogen and oxygen atoms in total. The van der Waals surface area contributed by atoms with Crippen LogP contribution in [0.25, 0.3) is 0 Å². The predicted octanol–water partition coefficient (Wildman–Crippen LogP) is 3.73. The molecule has 0 aliphatic heterocycles. The number of hydrogen-bond acceptors (Lipinski definition) is 8. The van der Waals surface area contributed by atoms with Gasteiger partial charge in [-0.25, -0.2) is 4.89 Å². The van der Waals surface area contributed by atoms with Gasteiger partial charge in [0, 0.05) is 0 Å². The average molecular weight is 499 g/mol. The molecular formula is C22H50O8Si2. The predicted molar refractivity (Wildman–Crippen MR) is 132 cm³/mol. The van der Waals surface area contributed by atoms with Crippen molar-refractivity contribution in [2.75, 3.05) is 52.9 Å². The molecule has 0 spiro atoms. The molecule has 10 heteroatoms. The van der Waals surface area contributed by atoms with Gasteiger partial charge in [0.2, 0.25) is 8.32 Å². The zero-order chi connectivity index (χ0) is 25.1. The van der Waals surface area contributed by atoms with Crippen molar-refractivity contribution in [3.8, 4) is 0 Å². The SMILES string of the molecule is CC(C)(C)[Si](C)(C)OCCOC(CO)COCCOCC(CO)OO[Si](C)(C)C(C)(C)C. The van der Waals surface area contributed by atoms with Crippen LogP contribution in [0.1, 0.15) is 41.5 Å². The molecule has 0 rings (SSSR count). The Morgan fingerprint density at radius 3 is 1.56 bits per heavy atom. The van der Waals surface area contributed by atoms with Crippen molar-refractivity contribution in [3.63, 3.8) is 0 Å². The van der Waals surface area contributed by atoms with Crippen LogP contribution in [0.3, 0.4) is 0 Å². The normalized spacial score (nSPS) is 15.8. The van der Waals surface area contributed by atoms with Crippen molar-refractivity contribution >= 4 is 16.6 Å².